The zero-order valence-electron chi connectivity index (χ0n) is 13.0. The number of aliphatic hydroxyl groups is 1. The van der Waals surface area contributed by atoms with E-state index in [1.54, 1.807) is 4.68 Å². The number of rotatable bonds is 3. The molecule has 2 aromatic rings. The van der Waals surface area contributed by atoms with Gasteiger partial charge in [-0.15, -0.1) is 5.10 Å². The molecule has 8 nitrogen and oxygen atoms in total. The van der Waals surface area contributed by atoms with Crippen molar-refractivity contribution < 1.29 is 14.6 Å². The quantitative estimate of drug-likeness (QED) is 0.859. The molecule has 3 heterocycles. The molecule has 1 N–H and O–H groups in total. The van der Waals surface area contributed by atoms with E-state index < -0.39 is 6.10 Å². The van der Waals surface area contributed by atoms with Gasteiger partial charge in [0.25, 0.3) is 0 Å². The molecule has 1 aromatic heterocycles. The molecule has 4 rings (SSSR count). The lowest BCUT2D eigenvalue weighted by atomic mass is 10.1. The summed E-state index contributed by atoms with van der Waals surface area (Å²) < 4.78 is 13.1. The second kappa shape index (κ2) is 5.55. The van der Waals surface area contributed by atoms with Crippen molar-refractivity contribution in [3.8, 4) is 11.4 Å². The molecule has 2 saturated heterocycles. The van der Waals surface area contributed by atoms with Crippen LogP contribution in [0.3, 0.4) is 0 Å². The number of tetrazole rings is 1. The van der Waals surface area contributed by atoms with E-state index in [0.717, 1.165) is 11.3 Å². The topological polar surface area (TPSA) is 85.5 Å². The van der Waals surface area contributed by atoms with Gasteiger partial charge in [0, 0.05) is 25.3 Å². The molecule has 4 atom stereocenters. The molecule has 0 aliphatic carbocycles. The average molecular weight is 317 g/mol. The van der Waals surface area contributed by atoms with Crippen molar-refractivity contribution in [2.24, 2.45) is 0 Å². The number of aromatic nitrogens is 4. The minimum atomic E-state index is -0.579. The zero-order chi connectivity index (χ0) is 16.0. The van der Waals surface area contributed by atoms with Gasteiger partial charge in [-0.05, 0) is 34.7 Å². The largest absolute Gasteiger partial charge is 0.388 e. The number of benzene rings is 1. The summed E-state index contributed by atoms with van der Waals surface area (Å²) in [6.07, 6.45) is -1.09. The number of nitrogens with zero attached hydrogens (tertiary/aromatic N) is 5. The third-order valence-electron chi connectivity index (χ3n) is 4.45. The van der Waals surface area contributed by atoms with Crippen molar-refractivity contribution in [2.75, 3.05) is 32.2 Å². The molecule has 1 aromatic carbocycles. The molecule has 23 heavy (non-hydrogen) atoms. The van der Waals surface area contributed by atoms with Gasteiger partial charge in [-0.1, -0.05) is 0 Å². The van der Waals surface area contributed by atoms with Crippen LogP contribution in [-0.4, -0.2) is 70.9 Å². The standard InChI is InChI=1S/C15H19N5O3/c1-19(2)10-5-3-9(4-6-10)15-16-17-18-20(15)11-7-22-14-12(21)8-23-13(11)14/h3-6,11-14,21H,7-8H2,1-2H3. The van der Waals surface area contributed by atoms with Gasteiger partial charge in [0.15, 0.2) is 5.82 Å². The minimum absolute atomic E-state index is 0.129. The highest BCUT2D eigenvalue weighted by molar-refractivity contribution is 5.60. The Balaban J connectivity index is 1.64. The Bertz CT molecular complexity index is 687. The van der Waals surface area contributed by atoms with Crippen LogP contribution in [0.25, 0.3) is 11.4 Å². The van der Waals surface area contributed by atoms with Crippen molar-refractivity contribution in [3.63, 3.8) is 0 Å². The van der Waals surface area contributed by atoms with Crippen molar-refractivity contribution >= 4 is 5.69 Å². The van der Waals surface area contributed by atoms with Crippen LogP contribution in [-0.2, 0) is 9.47 Å². The Morgan fingerprint density at radius 3 is 2.61 bits per heavy atom. The summed E-state index contributed by atoms with van der Waals surface area (Å²) in [5.74, 6) is 0.676. The summed E-state index contributed by atoms with van der Waals surface area (Å²) in [5.41, 5.74) is 2.04. The van der Waals surface area contributed by atoms with Gasteiger partial charge in [0.1, 0.15) is 24.4 Å². The molecule has 0 saturated carbocycles. The van der Waals surface area contributed by atoms with E-state index in [4.69, 9.17) is 9.47 Å². The minimum Gasteiger partial charge on any atom is -0.388 e. The molecular formula is C15H19N5O3. The summed E-state index contributed by atoms with van der Waals surface area (Å²) in [6, 6.07) is 7.91. The zero-order valence-corrected chi connectivity index (χ0v) is 13.0. The van der Waals surface area contributed by atoms with Crippen LogP contribution in [0.2, 0.25) is 0 Å². The molecule has 2 fully saturated rings. The van der Waals surface area contributed by atoms with Crippen LogP contribution in [0, 0.1) is 0 Å². The number of hydrogen-bond donors (Lipinski definition) is 1. The fourth-order valence-corrected chi connectivity index (χ4v) is 3.18. The lowest BCUT2D eigenvalue weighted by Crippen LogP contribution is -2.30. The van der Waals surface area contributed by atoms with E-state index in [2.05, 4.69) is 15.5 Å². The molecule has 2 aliphatic rings. The van der Waals surface area contributed by atoms with Gasteiger partial charge in [-0.2, -0.15) is 0 Å². The van der Waals surface area contributed by atoms with Gasteiger partial charge >= 0.3 is 0 Å². The monoisotopic (exact) mass is 317 g/mol. The normalized spacial score (nSPS) is 29.7. The molecule has 0 radical (unpaired) electrons. The Morgan fingerprint density at radius 1 is 1.13 bits per heavy atom. The molecule has 2 aliphatic heterocycles. The van der Waals surface area contributed by atoms with Gasteiger partial charge in [-0.25, -0.2) is 4.68 Å². The first kappa shape index (κ1) is 14.6. The first-order valence-corrected chi connectivity index (χ1v) is 7.62. The maximum absolute atomic E-state index is 9.87. The second-order valence-electron chi connectivity index (χ2n) is 6.12. The fraction of sp³-hybridized carbons (Fsp3) is 0.533. The first-order chi connectivity index (χ1) is 11.1. The highest BCUT2D eigenvalue weighted by Crippen LogP contribution is 2.35. The van der Waals surface area contributed by atoms with Gasteiger partial charge < -0.3 is 19.5 Å². The Kier molecular flexibility index (Phi) is 3.51. The molecule has 0 bridgehead atoms. The summed E-state index contributed by atoms with van der Waals surface area (Å²) in [6.45, 7) is 0.723. The number of ether oxygens (including phenoxy) is 2. The van der Waals surface area contributed by atoms with Crippen molar-refractivity contribution in [2.45, 2.75) is 24.4 Å². The SMILES string of the molecule is CN(C)c1ccc(-c2nnnn2C2COC3C(O)COC32)cc1. The fourth-order valence-electron chi connectivity index (χ4n) is 3.18. The van der Waals surface area contributed by atoms with Crippen molar-refractivity contribution in [3.05, 3.63) is 24.3 Å². The van der Waals surface area contributed by atoms with E-state index in [0.29, 0.717) is 19.0 Å². The Morgan fingerprint density at radius 2 is 1.87 bits per heavy atom. The average Bonchev–Trinajstić information content (AvgIpc) is 3.25. The number of anilines is 1. The van der Waals surface area contributed by atoms with Crippen LogP contribution in [0.1, 0.15) is 6.04 Å². The number of aliphatic hydroxyl groups excluding tert-OH is 1. The van der Waals surface area contributed by atoms with E-state index in [1.807, 2.05) is 43.3 Å². The van der Waals surface area contributed by atoms with Crippen LogP contribution >= 0.6 is 0 Å². The van der Waals surface area contributed by atoms with Gasteiger partial charge in [-0.3, -0.25) is 0 Å². The van der Waals surface area contributed by atoms with Crippen LogP contribution < -0.4 is 4.90 Å². The predicted octanol–water partition coefficient (Wildman–Crippen LogP) is 0.106. The molecule has 0 spiro atoms. The highest BCUT2D eigenvalue weighted by atomic mass is 16.6. The molecule has 0 amide bonds. The molecule has 8 heteroatoms. The maximum Gasteiger partial charge on any atom is 0.182 e. The Labute approximate surface area is 133 Å². The maximum atomic E-state index is 9.87. The molecule has 4 unspecified atom stereocenters. The van der Waals surface area contributed by atoms with E-state index in [9.17, 15) is 5.11 Å². The van der Waals surface area contributed by atoms with Gasteiger partial charge in [0.2, 0.25) is 0 Å². The lowest BCUT2D eigenvalue weighted by Gasteiger charge is -2.17. The van der Waals surface area contributed by atoms with Gasteiger partial charge in [0.05, 0.1) is 13.2 Å². The van der Waals surface area contributed by atoms with E-state index in [-0.39, 0.29) is 18.2 Å². The molecule has 122 valence electrons. The third kappa shape index (κ3) is 2.39. The number of fused-ring (bicyclic) bond motifs is 1. The van der Waals surface area contributed by atoms with E-state index in [1.165, 1.54) is 0 Å². The molecular weight excluding hydrogens is 298 g/mol. The second-order valence-corrected chi connectivity index (χ2v) is 6.12. The van der Waals surface area contributed by atoms with Crippen LogP contribution in [0.15, 0.2) is 24.3 Å². The summed E-state index contributed by atoms with van der Waals surface area (Å²) in [4.78, 5) is 2.04. The lowest BCUT2D eigenvalue weighted by molar-refractivity contribution is 0.0169. The van der Waals surface area contributed by atoms with Crippen LogP contribution in [0.5, 0.6) is 0 Å². The summed E-state index contributed by atoms with van der Waals surface area (Å²) in [5, 5.41) is 22.0. The van der Waals surface area contributed by atoms with Crippen LogP contribution in [0.4, 0.5) is 5.69 Å². The predicted molar refractivity (Wildman–Crippen MR) is 82.1 cm³/mol. The first-order valence-electron chi connectivity index (χ1n) is 7.62. The summed E-state index contributed by atoms with van der Waals surface area (Å²) in [7, 11) is 4.00. The summed E-state index contributed by atoms with van der Waals surface area (Å²) >= 11 is 0. The highest BCUT2D eigenvalue weighted by Gasteiger charge is 2.49. The van der Waals surface area contributed by atoms with E-state index >= 15 is 0 Å². The number of hydrogen-bond acceptors (Lipinski definition) is 7. The van der Waals surface area contributed by atoms with Crippen molar-refractivity contribution in [1.82, 2.24) is 20.2 Å². The smallest absolute Gasteiger partial charge is 0.182 e. The Hall–Kier alpha value is -2.03. The van der Waals surface area contributed by atoms with Crippen molar-refractivity contribution in [1.29, 1.82) is 0 Å². The third-order valence-corrected chi connectivity index (χ3v) is 4.45.